The molecule has 1 aromatic heterocycles. The van der Waals surface area contributed by atoms with Crippen LogP contribution in [0, 0.1) is 0 Å². The molecule has 1 amide bonds. The maximum absolute atomic E-state index is 12.0. The number of piperidine rings is 1. The van der Waals surface area contributed by atoms with Gasteiger partial charge in [0, 0.05) is 33.3 Å². The van der Waals surface area contributed by atoms with Crippen molar-refractivity contribution >= 4 is 5.91 Å². The lowest BCUT2D eigenvalue weighted by Gasteiger charge is -2.31. The fourth-order valence-corrected chi connectivity index (χ4v) is 3.40. The van der Waals surface area contributed by atoms with Crippen LogP contribution in [0.1, 0.15) is 47.4 Å². The van der Waals surface area contributed by atoms with Crippen LogP contribution >= 0.6 is 0 Å². The Morgan fingerprint density at radius 1 is 1.22 bits per heavy atom. The normalized spacial score (nSPS) is 15.8. The van der Waals surface area contributed by atoms with E-state index in [4.69, 9.17) is 4.74 Å². The second kappa shape index (κ2) is 9.62. The van der Waals surface area contributed by atoms with Gasteiger partial charge in [0.25, 0.3) is 5.91 Å². The van der Waals surface area contributed by atoms with Crippen molar-refractivity contribution in [2.45, 2.75) is 38.8 Å². The standard InChI is InChI=1S/C20H29N5O2/c1-3-16-4-6-17(7-5-16)14-24-11-8-18(9-12-24)25-15-19(22-23-25)20(26)21-10-13-27-2/h4-7,15,18H,3,8-14H2,1-2H3,(H,21,26). The first-order valence-corrected chi connectivity index (χ1v) is 9.68. The van der Waals surface area contributed by atoms with Gasteiger partial charge >= 0.3 is 0 Å². The van der Waals surface area contributed by atoms with Gasteiger partial charge < -0.3 is 10.1 Å². The third-order valence-electron chi connectivity index (χ3n) is 5.10. The van der Waals surface area contributed by atoms with Crippen LogP contribution in [-0.2, 0) is 17.7 Å². The van der Waals surface area contributed by atoms with Gasteiger partial charge in [-0.1, -0.05) is 36.4 Å². The number of amides is 1. The molecule has 0 aliphatic carbocycles. The van der Waals surface area contributed by atoms with Gasteiger partial charge in [-0.2, -0.15) is 0 Å². The second-order valence-corrected chi connectivity index (χ2v) is 7.01. The van der Waals surface area contributed by atoms with E-state index in [1.165, 1.54) is 11.1 Å². The summed E-state index contributed by atoms with van der Waals surface area (Å²) in [6, 6.07) is 9.21. The first kappa shape index (κ1) is 19.5. The molecule has 0 saturated carbocycles. The Morgan fingerprint density at radius 3 is 2.59 bits per heavy atom. The van der Waals surface area contributed by atoms with Gasteiger partial charge in [0.15, 0.2) is 5.69 Å². The van der Waals surface area contributed by atoms with Crippen LogP contribution in [-0.4, -0.2) is 59.2 Å². The van der Waals surface area contributed by atoms with Crippen LogP contribution < -0.4 is 5.32 Å². The van der Waals surface area contributed by atoms with Gasteiger partial charge in [-0.15, -0.1) is 5.10 Å². The highest BCUT2D eigenvalue weighted by Gasteiger charge is 2.22. The van der Waals surface area contributed by atoms with Crippen molar-refractivity contribution in [3.05, 3.63) is 47.3 Å². The molecule has 3 rings (SSSR count). The minimum Gasteiger partial charge on any atom is -0.383 e. The van der Waals surface area contributed by atoms with Crippen molar-refractivity contribution in [3.63, 3.8) is 0 Å². The van der Waals surface area contributed by atoms with E-state index in [1.54, 1.807) is 13.3 Å². The summed E-state index contributed by atoms with van der Waals surface area (Å²) in [5, 5.41) is 11.0. The number of carbonyl (C=O) groups is 1. The van der Waals surface area contributed by atoms with Crippen molar-refractivity contribution in [3.8, 4) is 0 Å². The highest BCUT2D eigenvalue weighted by Crippen LogP contribution is 2.23. The molecule has 1 aliphatic heterocycles. The number of ether oxygens (including phenoxy) is 1. The Morgan fingerprint density at radius 2 is 1.93 bits per heavy atom. The number of carbonyl (C=O) groups excluding carboxylic acids is 1. The molecule has 1 N–H and O–H groups in total. The van der Waals surface area contributed by atoms with Crippen LogP contribution in [0.15, 0.2) is 30.5 Å². The number of rotatable bonds is 8. The molecule has 1 saturated heterocycles. The summed E-state index contributed by atoms with van der Waals surface area (Å²) < 4.78 is 6.78. The number of methoxy groups -OCH3 is 1. The van der Waals surface area contributed by atoms with Gasteiger partial charge in [0.1, 0.15) is 0 Å². The van der Waals surface area contributed by atoms with Crippen molar-refractivity contribution < 1.29 is 9.53 Å². The van der Waals surface area contributed by atoms with Crippen molar-refractivity contribution in [1.82, 2.24) is 25.2 Å². The lowest BCUT2D eigenvalue weighted by Crippen LogP contribution is -2.34. The number of nitrogens with one attached hydrogen (secondary N) is 1. The van der Waals surface area contributed by atoms with Crippen molar-refractivity contribution in [1.29, 1.82) is 0 Å². The number of hydrogen-bond acceptors (Lipinski definition) is 5. The molecule has 2 heterocycles. The zero-order valence-electron chi connectivity index (χ0n) is 16.2. The molecule has 7 heteroatoms. The molecule has 0 bridgehead atoms. The molecule has 0 spiro atoms. The zero-order valence-corrected chi connectivity index (χ0v) is 16.2. The minimum atomic E-state index is -0.203. The van der Waals surface area contributed by atoms with Gasteiger partial charge in [0.2, 0.25) is 0 Å². The summed E-state index contributed by atoms with van der Waals surface area (Å²) in [6.45, 7) is 6.17. The highest BCUT2D eigenvalue weighted by molar-refractivity contribution is 5.91. The fraction of sp³-hybridized carbons (Fsp3) is 0.550. The number of hydrogen-bond donors (Lipinski definition) is 1. The number of aryl methyl sites for hydroxylation is 1. The van der Waals surface area contributed by atoms with Gasteiger partial charge in [0.05, 0.1) is 18.8 Å². The first-order valence-electron chi connectivity index (χ1n) is 9.68. The SMILES string of the molecule is CCc1ccc(CN2CCC(n3cc(C(=O)NCCOC)nn3)CC2)cc1. The van der Waals surface area contributed by atoms with Crippen molar-refractivity contribution in [2.75, 3.05) is 33.4 Å². The summed E-state index contributed by atoms with van der Waals surface area (Å²) in [6.07, 6.45) is 4.87. The van der Waals surface area contributed by atoms with Crippen LogP contribution in [0.25, 0.3) is 0 Å². The van der Waals surface area contributed by atoms with E-state index in [0.29, 0.717) is 24.9 Å². The molecule has 0 radical (unpaired) electrons. The molecule has 0 unspecified atom stereocenters. The molecular weight excluding hydrogens is 342 g/mol. The molecular formula is C20H29N5O2. The van der Waals surface area contributed by atoms with Crippen LogP contribution in [0.5, 0.6) is 0 Å². The van der Waals surface area contributed by atoms with Gasteiger partial charge in [-0.3, -0.25) is 9.69 Å². The maximum atomic E-state index is 12.0. The number of nitrogens with zero attached hydrogens (tertiary/aromatic N) is 4. The van der Waals surface area contributed by atoms with E-state index in [0.717, 1.165) is 38.9 Å². The zero-order chi connectivity index (χ0) is 19.1. The minimum absolute atomic E-state index is 0.203. The Bertz CT molecular complexity index is 720. The maximum Gasteiger partial charge on any atom is 0.273 e. The Balaban J connectivity index is 1.48. The highest BCUT2D eigenvalue weighted by atomic mass is 16.5. The molecule has 1 fully saturated rings. The third kappa shape index (κ3) is 5.37. The Hall–Kier alpha value is -2.25. The van der Waals surface area contributed by atoms with Crippen molar-refractivity contribution in [2.24, 2.45) is 0 Å². The van der Waals surface area contributed by atoms with E-state index in [9.17, 15) is 4.79 Å². The van der Waals surface area contributed by atoms with E-state index >= 15 is 0 Å². The number of aromatic nitrogens is 3. The summed E-state index contributed by atoms with van der Waals surface area (Å²) >= 11 is 0. The summed E-state index contributed by atoms with van der Waals surface area (Å²) in [5.74, 6) is -0.203. The lowest BCUT2D eigenvalue weighted by molar-refractivity contribution is 0.0932. The number of benzene rings is 1. The fourth-order valence-electron chi connectivity index (χ4n) is 3.40. The molecule has 27 heavy (non-hydrogen) atoms. The molecule has 2 aromatic rings. The summed E-state index contributed by atoms with van der Waals surface area (Å²) in [4.78, 5) is 14.5. The molecule has 146 valence electrons. The number of likely N-dealkylation sites (tertiary alicyclic amines) is 1. The predicted molar refractivity (Wildman–Crippen MR) is 104 cm³/mol. The smallest absolute Gasteiger partial charge is 0.273 e. The monoisotopic (exact) mass is 371 g/mol. The molecule has 1 aliphatic rings. The molecule has 7 nitrogen and oxygen atoms in total. The van der Waals surface area contributed by atoms with E-state index in [-0.39, 0.29) is 5.91 Å². The molecule has 0 atom stereocenters. The average Bonchev–Trinajstić information content (AvgIpc) is 3.20. The predicted octanol–water partition coefficient (Wildman–Crippen LogP) is 2.05. The van der Waals surface area contributed by atoms with Crippen LogP contribution in [0.3, 0.4) is 0 Å². The van der Waals surface area contributed by atoms with Crippen LogP contribution in [0.4, 0.5) is 0 Å². The molecule has 1 aromatic carbocycles. The topological polar surface area (TPSA) is 72.3 Å². The second-order valence-electron chi connectivity index (χ2n) is 7.01. The van der Waals surface area contributed by atoms with Gasteiger partial charge in [-0.05, 0) is 30.4 Å². The third-order valence-corrected chi connectivity index (χ3v) is 5.10. The average molecular weight is 371 g/mol. The lowest BCUT2D eigenvalue weighted by atomic mass is 10.0. The summed E-state index contributed by atoms with van der Waals surface area (Å²) in [5.41, 5.74) is 3.11. The first-order chi connectivity index (χ1) is 13.2. The summed E-state index contributed by atoms with van der Waals surface area (Å²) in [7, 11) is 1.61. The largest absolute Gasteiger partial charge is 0.383 e. The quantitative estimate of drug-likeness (QED) is 0.719. The van der Waals surface area contributed by atoms with Gasteiger partial charge in [-0.25, -0.2) is 4.68 Å². The Kier molecular flexibility index (Phi) is 6.95. The van der Waals surface area contributed by atoms with E-state index in [2.05, 4.69) is 51.7 Å². The Labute approximate surface area is 160 Å². The van der Waals surface area contributed by atoms with E-state index in [1.807, 2.05) is 4.68 Å². The van der Waals surface area contributed by atoms with Crippen LogP contribution in [0.2, 0.25) is 0 Å². The van der Waals surface area contributed by atoms with E-state index < -0.39 is 0 Å².